The standard InChI is InChI=1S/C13H17N3OS/c1-4-7-14-13(18)16-11-6-5-9(2)12(8-11)15-10(3)17/h4-6,8H,1,7H2,2-3H3,(H,15,17)(H2,14,16,18). The van der Waals surface area contributed by atoms with Crippen LogP contribution in [0.5, 0.6) is 0 Å². The fourth-order valence-electron chi connectivity index (χ4n) is 1.36. The zero-order valence-corrected chi connectivity index (χ0v) is 11.4. The summed E-state index contributed by atoms with van der Waals surface area (Å²) in [6.45, 7) is 7.62. The molecule has 4 nitrogen and oxygen atoms in total. The molecule has 0 bridgehead atoms. The fourth-order valence-corrected chi connectivity index (χ4v) is 1.57. The molecule has 0 heterocycles. The molecule has 1 rings (SSSR count). The van der Waals surface area contributed by atoms with Gasteiger partial charge in [-0.3, -0.25) is 4.79 Å². The Bertz CT molecular complexity index is 471. The van der Waals surface area contributed by atoms with E-state index in [4.69, 9.17) is 12.2 Å². The van der Waals surface area contributed by atoms with Gasteiger partial charge in [0.2, 0.25) is 5.91 Å². The monoisotopic (exact) mass is 263 g/mol. The number of rotatable bonds is 4. The summed E-state index contributed by atoms with van der Waals surface area (Å²) in [5.74, 6) is -0.0948. The van der Waals surface area contributed by atoms with Gasteiger partial charge < -0.3 is 16.0 Å². The molecule has 1 amide bonds. The van der Waals surface area contributed by atoms with Crippen molar-refractivity contribution in [1.29, 1.82) is 0 Å². The van der Waals surface area contributed by atoms with Crippen molar-refractivity contribution < 1.29 is 4.79 Å². The Morgan fingerprint density at radius 3 is 2.78 bits per heavy atom. The Labute approximate surface area is 112 Å². The smallest absolute Gasteiger partial charge is 0.221 e. The number of carbonyl (C=O) groups excluding carboxylic acids is 1. The van der Waals surface area contributed by atoms with Crippen LogP contribution in [0.2, 0.25) is 0 Å². The topological polar surface area (TPSA) is 53.2 Å². The van der Waals surface area contributed by atoms with Gasteiger partial charge in [0.15, 0.2) is 5.11 Å². The number of anilines is 2. The normalized spacial score (nSPS) is 9.44. The van der Waals surface area contributed by atoms with Crippen LogP contribution in [-0.4, -0.2) is 17.6 Å². The van der Waals surface area contributed by atoms with Gasteiger partial charge in [-0.15, -0.1) is 6.58 Å². The summed E-state index contributed by atoms with van der Waals surface area (Å²) >= 11 is 5.11. The summed E-state index contributed by atoms with van der Waals surface area (Å²) in [5.41, 5.74) is 2.60. The van der Waals surface area contributed by atoms with Crippen molar-refractivity contribution in [2.75, 3.05) is 17.2 Å². The minimum Gasteiger partial charge on any atom is -0.359 e. The quantitative estimate of drug-likeness (QED) is 0.577. The third-order valence-corrected chi connectivity index (χ3v) is 2.46. The van der Waals surface area contributed by atoms with E-state index in [0.717, 1.165) is 16.9 Å². The number of amides is 1. The Morgan fingerprint density at radius 2 is 2.17 bits per heavy atom. The number of nitrogens with one attached hydrogen (secondary N) is 3. The third-order valence-electron chi connectivity index (χ3n) is 2.21. The van der Waals surface area contributed by atoms with Crippen LogP contribution in [0, 0.1) is 6.92 Å². The zero-order chi connectivity index (χ0) is 13.5. The van der Waals surface area contributed by atoms with Gasteiger partial charge in [-0.2, -0.15) is 0 Å². The van der Waals surface area contributed by atoms with Gasteiger partial charge in [-0.25, -0.2) is 0 Å². The second-order valence-electron chi connectivity index (χ2n) is 3.83. The van der Waals surface area contributed by atoms with Crippen LogP contribution >= 0.6 is 12.2 Å². The number of aryl methyl sites for hydroxylation is 1. The van der Waals surface area contributed by atoms with E-state index in [1.54, 1.807) is 6.08 Å². The van der Waals surface area contributed by atoms with E-state index in [1.807, 2.05) is 25.1 Å². The van der Waals surface area contributed by atoms with E-state index in [9.17, 15) is 4.79 Å². The highest BCUT2D eigenvalue weighted by Gasteiger charge is 2.03. The molecule has 0 aliphatic heterocycles. The van der Waals surface area contributed by atoms with Crippen molar-refractivity contribution in [3.63, 3.8) is 0 Å². The van der Waals surface area contributed by atoms with Gasteiger partial charge >= 0.3 is 0 Å². The third kappa shape index (κ3) is 4.55. The van der Waals surface area contributed by atoms with Crippen LogP contribution in [-0.2, 0) is 4.79 Å². The molecule has 96 valence electrons. The predicted octanol–water partition coefficient (Wildman–Crippen LogP) is 2.43. The van der Waals surface area contributed by atoms with Gasteiger partial charge in [0.25, 0.3) is 0 Å². The van der Waals surface area contributed by atoms with E-state index in [0.29, 0.717) is 11.7 Å². The molecule has 3 N–H and O–H groups in total. The SMILES string of the molecule is C=CCNC(=S)Nc1ccc(C)c(NC(C)=O)c1. The minimum absolute atomic E-state index is 0.0948. The minimum atomic E-state index is -0.0948. The van der Waals surface area contributed by atoms with Gasteiger partial charge in [0.05, 0.1) is 0 Å². The van der Waals surface area contributed by atoms with E-state index >= 15 is 0 Å². The molecule has 0 radical (unpaired) electrons. The molecule has 1 aromatic rings. The van der Waals surface area contributed by atoms with Crippen LogP contribution in [0.1, 0.15) is 12.5 Å². The molecule has 0 fully saturated rings. The van der Waals surface area contributed by atoms with Crippen molar-refractivity contribution in [3.8, 4) is 0 Å². The summed E-state index contributed by atoms with van der Waals surface area (Å²) < 4.78 is 0. The van der Waals surface area contributed by atoms with Crippen LogP contribution in [0.15, 0.2) is 30.9 Å². The summed E-state index contributed by atoms with van der Waals surface area (Å²) in [6.07, 6.45) is 1.73. The Kier molecular flexibility index (Phi) is 5.32. The Morgan fingerprint density at radius 1 is 1.44 bits per heavy atom. The Hall–Kier alpha value is -1.88. The molecule has 0 aliphatic carbocycles. The average Bonchev–Trinajstić information content (AvgIpc) is 2.30. The van der Waals surface area contributed by atoms with Crippen molar-refractivity contribution in [2.45, 2.75) is 13.8 Å². The van der Waals surface area contributed by atoms with E-state index < -0.39 is 0 Å². The predicted molar refractivity (Wildman–Crippen MR) is 79.9 cm³/mol. The summed E-state index contributed by atoms with van der Waals surface area (Å²) in [6, 6.07) is 5.67. The van der Waals surface area contributed by atoms with E-state index in [2.05, 4.69) is 22.5 Å². The number of carbonyl (C=O) groups is 1. The summed E-state index contributed by atoms with van der Waals surface area (Å²) in [4.78, 5) is 11.1. The van der Waals surface area contributed by atoms with Crippen molar-refractivity contribution in [1.82, 2.24) is 5.32 Å². The van der Waals surface area contributed by atoms with Crippen LogP contribution < -0.4 is 16.0 Å². The van der Waals surface area contributed by atoms with Crippen molar-refractivity contribution in [3.05, 3.63) is 36.4 Å². The van der Waals surface area contributed by atoms with Gasteiger partial charge in [-0.05, 0) is 36.8 Å². The molecule has 0 saturated carbocycles. The van der Waals surface area contributed by atoms with Crippen LogP contribution in [0.3, 0.4) is 0 Å². The molecule has 0 atom stereocenters. The first-order chi connectivity index (χ1) is 8.52. The second-order valence-corrected chi connectivity index (χ2v) is 4.24. The van der Waals surface area contributed by atoms with Crippen molar-refractivity contribution >= 4 is 34.6 Å². The maximum absolute atomic E-state index is 11.1. The zero-order valence-electron chi connectivity index (χ0n) is 10.5. The van der Waals surface area contributed by atoms with Crippen molar-refractivity contribution in [2.24, 2.45) is 0 Å². The first-order valence-corrected chi connectivity index (χ1v) is 5.97. The maximum atomic E-state index is 11.1. The molecule has 1 aromatic carbocycles. The van der Waals surface area contributed by atoms with Crippen LogP contribution in [0.4, 0.5) is 11.4 Å². The largest absolute Gasteiger partial charge is 0.359 e. The highest BCUT2D eigenvalue weighted by Crippen LogP contribution is 2.20. The molecule has 5 heteroatoms. The maximum Gasteiger partial charge on any atom is 0.221 e. The molecule has 0 aromatic heterocycles. The van der Waals surface area contributed by atoms with Gasteiger partial charge in [0.1, 0.15) is 0 Å². The molecule has 18 heavy (non-hydrogen) atoms. The van der Waals surface area contributed by atoms with Gasteiger partial charge in [-0.1, -0.05) is 12.1 Å². The Balaban J connectivity index is 2.75. The number of benzene rings is 1. The first kappa shape index (κ1) is 14.2. The van der Waals surface area contributed by atoms with E-state index in [-0.39, 0.29) is 5.91 Å². The molecular formula is C13H17N3OS. The molecular weight excluding hydrogens is 246 g/mol. The molecule has 0 spiro atoms. The van der Waals surface area contributed by atoms with Gasteiger partial charge in [0, 0.05) is 24.8 Å². The lowest BCUT2D eigenvalue weighted by Gasteiger charge is -2.12. The van der Waals surface area contributed by atoms with E-state index in [1.165, 1.54) is 6.92 Å². The lowest BCUT2D eigenvalue weighted by molar-refractivity contribution is -0.114. The lowest BCUT2D eigenvalue weighted by atomic mass is 10.2. The second kappa shape index (κ2) is 6.76. The molecule has 0 unspecified atom stereocenters. The number of thiocarbonyl (C=S) groups is 1. The highest BCUT2D eigenvalue weighted by atomic mass is 32.1. The average molecular weight is 263 g/mol. The summed E-state index contributed by atoms with van der Waals surface area (Å²) in [7, 11) is 0. The molecule has 0 aliphatic rings. The van der Waals surface area contributed by atoms with Crippen LogP contribution in [0.25, 0.3) is 0 Å². The fraction of sp³-hybridized carbons (Fsp3) is 0.231. The lowest BCUT2D eigenvalue weighted by Crippen LogP contribution is -2.28. The first-order valence-electron chi connectivity index (χ1n) is 5.57. The number of hydrogen-bond donors (Lipinski definition) is 3. The molecule has 0 saturated heterocycles. The summed E-state index contributed by atoms with van der Waals surface area (Å²) in [5, 5.41) is 9.30. The number of hydrogen-bond acceptors (Lipinski definition) is 2. The highest BCUT2D eigenvalue weighted by molar-refractivity contribution is 7.80.